The van der Waals surface area contributed by atoms with E-state index in [-0.39, 0.29) is 10.8 Å². The van der Waals surface area contributed by atoms with Crippen LogP contribution in [0.15, 0.2) is 18.2 Å². The van der Waals surface area contributed by atoms with Gasteiger partial charge in [-0.15, -0.1) is 0 Å². The number of benzene rings is 1. The summed E-state index contributed by atoms with van der Waals surface area (Å²) in [5, 5.41) is 6.33. The minimum atomic E-state index is -0.365. The molecule has 1 aromatic carbocycles. The Morgan fingerprint density at radius 1 is 1.46 bits per heavy atom. The monoisotopic (exact) mass is 200 g/mol. The van der Waals surface area contributed by atoms with Crippen LogP contribution in [0.5, 0.6) is 0 Å². The molecule has 0 atom stereocenters. The number of hydrogen-bond donors (Lipinski definition) is 2. The van der Waals surface area contributed by atoms with Gasteiger partial charge in [-0.1, -0.05) is 17.7 Å². The highest BCUT2D eigenvalue weighted by atomic mass is 35.5. The number of halogens is 2. The van der Waals surface area contributed by atoms with Gasteiger partial charge in [0.05, 0.1) is 16.8 Å². The third kappa shape index (κ3) is 1.76. The number of anilines is 1. The third-order valence-corrected chi connectivity index (χ3v) is 2.38. The molecule has 1 aromatic rings. The molecule has 1 saturated heterocycles. The molecule has 0 aromatic heterocycles. The summed E-state index contributed by atoms with van der Waals surface area (Å²) in [4.78, 5) is 0. The molecule has 0 aliphatic carbocycles. The van der Waals surface area contributed by atoms with E-state index in [1.54, 1.807) is 18.2 Å². The largest absolute Gasteiger partial charge is 0.377 e. The van der Waals surface area contributed by atoms with Crippen molar-refractivity contribution in [3.63, 3.8) is 0 Å². The Bertz CT molecular complexity index is 312. The highest BCUT2D eigenvalue weighted by molar-refractivity contribution is 6.31. The Morgan fingerprint density at radius 3 is 2.85 bits per heavy atom. The smallest absolute Gasteiger partial charge is 0.164 e. The summed E-state index contributed by atoms with van der Waals surface area (Å²) in [5.74, 6) is -0.365. The first-order valence-corrected chi connectivity index (χ1v) is 4.56. The summed E-state index contributed by atoms with van der Waals surface area (Å²) in [6.45, 7) is 1.76. The van der Waals surface area contributed by atoms with Crippen LogP contribution in [0, 0.1) is 5.82 Å². The van der Waals surface area contributed by atoms with E-state index in [4.69, 9.17) is 11.6 Å². The van der Waals surface area contributed by atoms with Crippen LogP contribution in [0.2, 0.25) is 5.02 Å². The van der Waals surface area contributed by atoms with Gasteiger partial charge in [0, 0.05) is 13.1 Å². The molecule has 1 aliphatic heterocycles. The molecule has 70 valence electrons. The fourth-order valence-electron chi connectivity index (χ4n) is 1.23. The molecular formula is C9H10ClFN2. The summed E-state index contributed by atoms with van der Waals surface area (Å²) in [6, 6.07) is 5.30. The lowest BCUT2D eigenvalue weighted by atomic mass is 10.1. The normalized spacial score (nSPS) is 16.8. The molecule has 1 heterocycles. The van der Waals surface area contributed by atoms with Crippen molar-refractivity contribution in [2.24, 2.45) is 0 Å². The first-order valence-electron chi connectivity index (χ1n) is 4.18. The average Bonchev–Trinajstić information content (AvgIpc) is 2.04. The van der Waals surface area contributed by atoms with Gasteiger partial charge in [-0.05, 0) is 12.1 Å². The van der Waals surface area contributed by atoms with Crippen molar-refractivity contribution in [3.8, 4) is 0 Å². The Labute approximate surface area is 81.1 Å². The fourth-order valence-corrected chi connectivity index (χ4v) is 1.40. The molecule has 2 rings (SSSR count). The van der Waals surface area contributed by atoms with Gasteiger partial charge in [-0.3, -0.25) is 0 Å². The first kappa shape index (κ1) is 8.78. The van der Waals surface area contributed by atoms with Crippen molar-refractivity contribution in [3.05, 3.63) is 29.0 Å². The first-order chi connectivity index (χ1) is 6.27. The summed E-state index contributed by atoms with van der Waals surface area (Å²) in [5.41, 5.74) is 0.485. The van der Waals surface area contributed by atoms with Crippen LogP contribution in [0.25, 0.3) is 0 Å². The molecule has 4 heteroatoms. The number of nitrogens with one attached hydrogen (secondary N) is 2. The van der Waals surface area contributed by atoms with E-state index in [0.717, 1.165) is 13.1 Å². The van der Waals surface area contributed by atoms with Crippen LogP contribution >= 0.6 is 11.6 Å². The Hall–Kier alpha value is -0.800. The van der Waals surface area contributed by atoms with E-state index in [1.807, 2.05) is 0 Å². The summed E-state index contributed by atoms with van der Waals surface area (Å²) in [7, 11) is 0. The van der Waals surface area contributed by atoms with Crippen LogP contribution in [0.4, 0.5) is 10.1 Å². The zero-order chi connectivity index (χ0) is 9.26. The van der Waals surface area contributed by atoms with Crippen molar-refractivity contribution in [1.29, 1.82) is 0 Å². The minimum absolute atomic E-state index is 0.164. The zero-order valence-electron chi connectivity index (χ0n) is 6.98. The second-order valence-electron chi connectivity index (χ2n) is 3.10. The van der Waals surface area contributed by atoms with Crippen molar-refractivity contribution in [2.75, 3.05) is 18.4 Å². The Morgan fingerprint density at radius 2 is 2.23 bits per heavy atom. The van der Waals surface area contributed by atoms with E-state index < -0.39 is 0 Å². The van der Waals surface area contributed by atoms with Crippen LogP contribution in [0.1, 0.15) is 0 Å². The van der Waals surface area contributed by atoms with Crippen LogP contribution in [-0.4, -0.2) is 19.1 Å². The zero-order valence-corrected chi connectivity index (χ0v) is 7.74. The molecule has 0 unspecified atom stereocenters. The summed E-state index contributed by atoms with van der Waals surface area (Å²) < 4.78 is 13.3. The standard InChI is InChI=1S/C9H10ClFN2/c10-7-2-1-3-8(9(7)11)13-6-4-12-5-6/h1-3,6,12-13H,4-5H2. The lowest BCUT2D eigenvalue weighted by molar-refractivity contribution is 0.469. The van der Waals surface area contributed by atoms with Gasteiger partial charge in [0.25, 0.3) is 0 Å². The molecule has 2 nitrogen and oxygen atoms in total. The molecule has 0 amide bonds. The van der Waals surface area contributed by atoms with Crippen LogP contribution in [0.3, 0.4) is 0 Å². The average molecular weight is 201 g/mol. The van der Waals surface area contributed by atoms with E-state index in [1.165, 1.54) is 0 Å². The van der Waals surface area contributed by atoms with Gasteiger partial charge < -0.3 is 10.6 Å². The lowest BCUT2D eigenvalue weighted by Crippen LogP contribution is -2.51. The topological polar surface area (TPSA) is 24.1 Å². The fraction of sp³-hybridized carbons (Fsp3) is 0.333. The van der Waals surface area contributed by atoms with Gasteiger partial charge in [0.15, 0.2) is 5.82 Å². The predicted octanol–water partition coefficient (Wildman–Crippen LogP) is 1.86. The van der Waals surface area contributed by atoms with Gasteiger partial charge in [0.2, 0.25) is 0 Å². The lowest BCUT2D eigenvalue weighted by Gasteiger charge is -2.29. The molecule has 0 saturated carbocycles. The van der Waals surface area contributed by atoms with E-state index in [9.17, 15) is 4.39 Å². The summed E-state index contributed by atoms with van der Waals surface area (Å²) >= 11 is 5.63. The minimum Gasteiger partial charge on any atom is -0.377 e. The van der Waals surface area contributed by atoms with Gasteiger partial charge in [0.1, 0.15) is 0 Å². The molecule has 13 heavy (non-hydrogen) atoms. The maximum Gasteiger partial charge on any atom is 0.164 e. The van der Waals surface area contributed by atoms with Gasteiger partial charge in [-0.2, -0.15) is 0 Å². The number of rotatable bonds is 2. The summed E-state index contributed by atoms with van der Waals surface area (Å²) in [6.07, 6.45) is 0. The highest BCUT2D eigenvalue weighted by Crippen LogP contribution is 2.22. The number of hydrogen-bond acceptors (Lipinski definition) is 2. The molecule has 0 spiro atoms. The van der Waals surface area contributed by atoms with Crippen LogP contribution in [-0.2, 0) is 0 Å². The third-order valence-electron chi connectivity index (χ3n) is 2.09. The molecule has 0 bridgehead atoms. The second-order valence-corrected chi connectivity index (χ2v) is 3.51. The van der Waals surface area contributed by atoms with Crippen molar-refractivity contribution < 1.29 is 4.39 Å². The predicted molar refractivity (Wildman–Crippen MR) is 51.7 cm³/mol. The Kier molecular flexibility index (Phi) is 2.38. The van der Waals surface area contributed by atoms with Crippen molar-refractivity contribution in [1.82, 2.24) is 5.32 Å². The molecule has 2 N–H and O–H groups in total. The molecular weight excluding hydrogens is 191 g/mol. The van der Waals surface area contributed by atoms with Gasteiger partial charge >= 0.3 is 0 Å². The van der Waals surface area contributed by atoms with E-state index in [2.05, 4.69) is 10.6 Å². The second kappa shape index (κ2) is 3.52. The van der Waals surface area contributed by atoms with Gasteiger partial charge in [-0.25, -0.2) is 4.39 Å². The molecule has 0 radical (unpaired) electrons. The quantitative estimate of drug-likeness (QED) is 0.762. The SMILES string of the molecule is Fc1c(Cl)cccc1NC1CNC1. The highest BCUT2D eigenvalue weighted by Gasteiger charge is 2.17. The molecule has 1 aliphatic rings. The molecule has 1 fully saturated rings. The van der Waals surface area contributed by atoms with Crippen molar-refractivity contribution >= 4 is 17.3 Å². The van der Waals surface area contributed by atoms with Crippen molar-refractivity contribution in [2.45, 2.75) is 6.04 Å². The van der Waals surface area contributed by atoms with E-state index in [0.29, 0.717) is 11.7 Å². The Balaban J connectivity index is 2.14. The van der Waals surface area contributed by atoms with E-state index >= 15 is 0 Å². The maximum absolute atomic E-state index is 13.3. The van der Waals surface area contributed by atoms with Crippen LogP contribution < -0.4 is 10.6 Å². The maximum atomic E-state index is 13.3.